The Morgan fingerprint density at radius 2 is 1.91 bits per heavy atom. The van der Waals surface area contributed by atoms with Gasteiger partial charge >= 0.3 is 0 Å². The lowest BCUT2D eigenvalue weighted by Gasteiger charge is -2.30. The zero-order chi connectivity index (χ0) is 15.8. The number of carbonyl (C=O) groups is 1. The number of carbonyl (C=O) groups excluding carboxylic acids is 1. The van der Waals surface area contributed by atoms with E-state index in [0.29, 0.717) is 11.8 Å². The first-order valence-corrected chi connectivity index (χ1v) is 8.89. The average molecular weight is 375 g/mol. The molecule has 3 aliphatic heterocycles. The lowest BCUT2D eigenvalue weighted by atomic mass is 10.1. The molecular formula is C18H19BrN2O2. The quantitative estimate of drug-likeness (QED) is 0.805. The molecule has 2 aromatic rings. The zero-order valence-electron chi connectivity index (χ0n) is 12.9. The Balaban J connectivity index is 1.57. The highest BCUT2D eigenvalue weighted by molar-refractivity contribution is 9.10. The maximum atomic E-state index is 12.9. The molecule has 0 spiro atoms. The van der Waals surface area contributed by atoms with Crippen molar-refractivity contribution in [3.8, 4) is 11.3 Å². The third-order valence-electron chi connectivity index (χ3n) is 4.84. The van der Waals surface area contributed by atoms with Gasteiger partial charge < -0.3 is 14.2 Å². The molecular weight excluding hydrogens is 356 g/mol. The largest absolute Gasteiger partial charge is 0.451 e. The van der Waals surface area contributed by atoms with Crippen LogP contribution in [0.5, 0.6) is 0 Å². The second kappa shape index (κ2) is 6.13. The molecule has 3 aliphatic rings. The van der Waals surface area contributed by atoms with Crippen LogP contribution in [-0.2, 0) is 0 Å². The number of piperidine rings is 1. The highest BCUT2D eigenvalue weighted by Gasteiger charge is 2.33. The van der Waals surface area contributed by atoms with Crippen LogP contribution < -0.4 is 0 Å². The van der Waals surface area contributed by atoms with Gasteiger partial charge in [-0.1, -0.05) is 28.1 Å². The van der Waals surface area contributed by atoms with Gasteiger partial charge in [0.1, 0.15) is 5.76 Å². The van der Waals surface area contributed by atoms with Crippen molar-refractivity contribution in [2.45, 2.75) is 18.9 Å². The standard InChI is InChI=1S/C18H19BrN2O2/c19-14-3-1-2-13(12-14)16-4-5-17(23-16)18(22)21-11-10-20-8-6-15(21)7-9-20/h1-5,12,15H,6-11H2. The van der Waals surface area contributed by atoms with E-state index in [4.69, 9.17) is 4.42 Å². The highest BCUT2D eigenvalue weighted by atomic mass is 79.9. The minimum Gasteiger partial charge on any atom is -0.451 e. The molecule has 120 valence electrons. The first kappa shape index (κ1) is 15.0. The van der Waals surface area contributed by atoms with Gasteiger partial charge in [-0.3, -0.25) is 4.79 Å². The van der Waals surface area contributed by atoms with E-state index in [1.54, 1.807) is 6.07 Å². The Kier molecular flexibility index (Phi) is 3.99. The van der Waals surface area contributed by atoms with Gasteiger partial charge in [-0.15, -0.1) is 0 Å². The summed E-state index contributed by atoms with van der Waals surface area (Å²) >= 11 is 3.47. The Morgan fingerprint density at radius 3 is 2.70 bits per heavy atom. The summed E-state index contributed by atoms with van der Waals surface area (Å²) in [6.07, 6.45) is 2.15. The molecule has 5 heteroatoms. The van der Waals surface area contributed by atoms with E-state index >= 15 is 0 Å². The van der Waals surface area contributed by atoms with Crippen LogP contribution in [-0.4, -0.2) is 47.9 Å². The van der Waals surface area contributed by atoms with E-state index in [0.717, 1.165) is 54.8 Å². The van der Waals surface area contributed by atoms with Crippen molar-refractivity contribution in [2.75, 3.05) is 26.2 Å². The molecule has 23 heavy (non-hydrogen) atoms. The summed E-state index contributed by atoms with van der Waals surface area (Å²) in [4.78, 5) is 17.3. The molecule has 0 radical (unpaired) electrons. The summed E-state index contributed by atoms with van der Waals surface area (Å²) in [5, 5.41) is 0. The molecule has 5 rings (SSSR count). The van der Waals surface area contributed by atoms with E-state index < -0.39 is 0 Å². The maximum absolute atomic E-state index is 12.9. The van der Waals surface area contributed by atoms with E-state index in [-0.39, 0.29) is 5.91 Å². The summed E-state index contributed by atoms with van der Waals surface area (Å²) < 4.78 is 6.86. The Morgan fingerprint density at radius 1 is 1.09 bits per heavy atom. The summed E-state index contributed by atoms with van der Waals surface area (Å²) in [6, 6.07) is 12.0. The van der Waals surface area contributed by atoms with Crippen molar-refractivity contribution in [3.63, 3.8) is 0 Å². The fraction of sp³-hybridized carbons (Fsp3) is 0.389. The molecule has 3 fully saturated rings. The molecule has 1 aromatic carbocycles. The minimum absolute atomic E-state index is 0.0278. The van der Waals surface area contributed by atoms with Crippen molar-refractivity contribution in [2.24, 2.45) is 0 Å². The van der Waals surface area contributed by atoms with Gasteiger partial charge in [-0.05, 0) is 37.1 Å². The number of amides is 1. The van der Waals surface area contributed by atoms with E-state index in [2.05, 4.69) is 20.8 Å². The van der Waals surface area contributed by atoms with Gasteiger partial charge in [-0.2, -0.15) is 0 Å². The SMILES string of the molecule is O=C(c1ccc(-c2cccc(Br)c2)o1)N1CCN2CCC1CC2. The predicted octanol–water partition coefficient (Wildman–Crippen LogP) is 3.63. The number of hydrogen-bond donors (Lipinski definition) is 0. The second-order valence-electron chi connectivity index (χ2n) is 6.25. The number of furan rings is 1. The number of rotatable bonds is 2. The minimum atomic E-state index is 0.0278. The first-order chi connectivity index (χ1) is 11.2. The topological polar surface area (TPSA) is 36.7 Å². The van der Waals surface area contributed by atoms with Crippen LogP contribution >= 0.6 is 15.9 Å². The molecule has 0 aliphatic carbocycles. The predicted molar refractivity (Wildman–Crippen MR) is 92.3 cm³/mol. The molecule has 3 saturated heterocycles. The molecule has 0 unspecified atom stereocenters. The van der Waals surface area contributed by atoms with Crippen molar-refractivity contribution in [3.05, 3.63) is 46.6 Å². The van der Waals surface area contributed by atoms with E-state index in [9.17, 15) is 4.79 Å². The third kappa shape index (κ3) is 2.95. The molecule has 0 N–H and O–H groups in total. The Bertz CT molecular complexity index is 719. The normalized spacial score (nSPS) is 23.8. The van der Waals surface area contributed by atoms with Crippen LogP contribution in [0.1, 0.15) is 23.4 Å². The highest BCUT2D eigenvalue weighted by Crippen LogP contribution is 2.27. The second-order valence-corrected chi connectivity index (χ2v) is 7.16. The van der Waals surface area contributed by atoms with Gasteiger partial charge in [0, 0.05) is 42.3 Å². The van der Waals surface area contributed by atoms with Crippen molar-refractivity contribution < 1.29 is 9.21 Å². The van der Waals surface area contributed by atoms with Crippen molar-refractivity contribution >= 4 is 21.8 Å². The fourth-order valence-corrected chi connectivity index (χ4v) is 3.94. The molecule has 1 aromatic heterocycles. The van der Waals surface area contributed by atoms with Crippen LogP contribution in [0.2, 0.25) is 0 Å². The molecule has 0 saturated carbocycles. The molecule has 4 heterocycles. The lowest BCUT2D eigenvalue weighted by molar-refractivity contribution is 0.0653. The fourth-order valence-electron chi connectivity index (χ4n) is 3.54. The number of halogens is 1. The van der Waals surface area contributed by atoms with Crippen LogP contribution in [0, 0.1) is 0 Å². The number of benzene rings is 1. The first-order valence-electron chi connectivity index (χ1n) is 8.10. The van der Waals surface area contributed by atoms with Gasteiger partial charge in [0.2, 0.25) is 0 Å². The van der Waals surface area contributed by atoms with Gasteiger partial charge in [0.05, 0.1) is 0 Å². The monoisotopic (exact) mass is 374 g/mol. The average Bonchev–Trinajstić information content (AvgIpc) is 2.88. The van der Waals surface area contributed by atoms with Crippen LogP contribution in [0.25, 0.3) is 11.3 Å². The van der Waals surface area contributed by atoms with Gasteiger partial charge in [0.25, 0.3) is 5.91 Å². The van der Waals surface area contributed by atoms with Crippen LogP contribution in [0.15, 0.2) is 45.3 Å². The van der Waals surface area contributed by atoms with Crippen LogP contribution in [0.3, 0.4) is 0 Å². The third-order valence-corrected chi connectivity index (χ3v) is 5.34. The van der Waals surface area contributed by atoms with Gasteiger partial charge in [0.15, 0.2) is 5.76 Å². The van der Waals surface area contributed by atoms with E-state index in [1.165, 1.54) is 0 Å². The number of nitrogens with zero attached hydrogens (tertiary/aromatic N) is 2. The Hall–Kier alpha value is -1.59. The molecule has 2 bridgehead atoms. The van der Waals surface area contributed by atoms with Crippen molar-refractivity contribution in [1.29, 1.82) is 0 Å². The number of fused-ring (bicyclic) bond motifs is 4. The molecule has 1 amide bonds. The van der Waals surface area contributed by atoms with Gasteiger partial charge in [-0.25, -0.2) is 0 Å². The van der Waals surface area contributed by atoms with Crippen molar-refractivity contribution in [1.82, 2.24) is 9.80 Å². The number of hydrogen-bond acceptors (Lipinski definition) is 3. The van der Waals surface area contributed by atoms with E-state index in [1.807, 2.05) is 35.2 Å². The summed E-state index contributed by atoms with van der Waals surface area (Å²) in [6.45, 7) is 3.99. The maximum Gasteiger partial charge on any atom is 0.289 e. The molecule has 4 nitrogen and oxygen atoms in total. The molecule has 0 atom stereocenters. The Labute approximate surface area is 144 Å². The summed E-state index contributed by atoms with van der Waals surface area (Å²) in [7, 11) is 0. The lowest BCUT2D eigenvalue weighted by Crippen LogP contribution is -2.41. The van der Waals surface area contributed by atoms with Crippen LogP contribution in [0.4, 0.5) is 0 Å². The summed E-state index contributed by atoms with van der Waals surface area (Å²) in [5.74, 6) is 1.21. The summed E-state index contributed by atoms with van der Waals surface area (Å²) in [5.41, 5.74) is 0.973. The smallest absolute Gasteiger partial charge is 0.289 e. The zero-order valence-corrected chi connectivity index (χ0v) is 14.5.